The number of nitrogens with one attached hydrogen (secondary N) is 2. The number of nitrogens with zero attached hydrogens (tertiary/aromatic N) is 2. The van der Waals surface area contributed by atoms with Crippen molar-refractivity contribution in [2.75, 3.05) is 12.4 Å². The number of amides is 1. The van der Waals surface area contributed by atoms with Crippen LogP contribution in [-0.2, 0) is 10.0 Å². The molecule has 0 unspecified atom stereocenters. The summed E-state index contributed by atoms with van der Waals surface area (Å²) >= 11 is 7.36. The molecule has 1 heterocycles. The van der Waals surface area contributed by atoms with E-state index < -0.39 is 15.9 Å². The molecule has 0 aliphatic heterocycles. The molecule has 0 spiro atoms. The SMILES string of the molecule is COc1ccc(C(=O)Nc2nnc(-c3ccccc3Cl)s2)cc1S(=O)(=O)NC1CCCC1. The van der Waals surface area contributed by atoms with Crippen LogP contribution in [0.4, 0.5) is 5.13 Å². The summed E-state index contributed by atoms with van der Waals surface area (Å²) in [5.41, 5.74) is 0.870. The minimum absolute atomic E-state index is 0.0754. The first-order valence-corrected chi connectivity index (χ1v) is 12.7. The van der Waals surface area contributed by atoms with Crippen molar-refractivity contribution in [3.8, 4) is 16.3 Å². The molecule has 0 bridgehead atoms. The van der Waals surface area contributed by atoms with Crippen molar-refractivity contribution in [1.82, 2.24) is 14.9 Å². The van der Waals surface area contributed by atoms with E-state index in [-0.39, 0.29) is 27.4 Å². The van der Waals surface area contributed by atoms with Crippen molar-refractivity contribution in [1.29, 1.82) is 0 Å². The number of hydrogen-bond donors (Lipinski definition) is 2. The molecule has 8 nitrogen and oxygen atoms in total. The van der Waals surface area contributed by atoms with Crippen molar-refractivity contribution < 1.29 is 17.9 Å². The quantitative estimate of drug-likeness (QED) is 0.507. The Bertz CT molecular complexity index is 1240. The Balaban J connectivity index is 1.55. The van der Waals surface area contributed by atoms with E-state index in [2.05, 4.69) is 20.2 Å². The Morgan fingerprint density at radius 1 is 1.16 bits per heavy atom. The molecule has 11 heteroatoms. The van der Waals surface area contributed by atoms with E-state index in [0.717, 1.165) is 25.7 Å². The first-order valence-electron chi connectivity index (χ1n) is 9.97. The van der Waals surface area contributed by atoms with Gasteiger partial charge in [-0.2, -0.15) is 0 Å². The summed E-state index contributed by atoms with van der Waals surface area (Å²) in [4.78, 5) is 12.7. The summed E-state index contributed by atoms with van der Waals surface area (Å²) in [6.45, 7) is 0. The smallest absolute Gasteiger partial charge is 0.257 e. The predicted molar refractivity (Wildman–Crippen MR) is 124 cm³/mol. The van der Waals surface area contributed by atoms with E-state index in [9.17, 15) is 13.2 Å². The zero-order valence-electron chi connectivity index (χ0n) is 17.2. The third kappa shape index (κ3) is 4.93. The van der Waals surface area contributed by atoms with Crippen molar-refractivity contribution in [2.45, 2.75) is 36.6 Å². The van der Waals surface area contributed by atoms with Gasteiger partial charge < -0.3 is 4.74 Å². The molecule has 0 radical (unpaired) electrons. The van der Waals surface area contributed by atoms with Crippen LogP contribution in [0.3, 0.4) is 0 Å². The fraction of sp³-hybridized carbons (Fsp3) is 0.286. The van der Waals surface area contributed by atoms with Crippen molar-refractivity contribution in [3.63, 3.8) is 0 Å². The molecule has 1 aliphatic rings. The molecule has 32 heavy (non-hydrogen) atoms. The summed E-state index contributed by atoms with van der Waals surface area (Å²) < 4.78 is 33.8. The number of ether oxygens (including phenoxy) is 1. The molecule has 168 valence electrons. The Kier molecular flexibility index (Phi) is 6.75. The molecule has 1 fully saturated rings. The van der Waals surface area contributed by atoms with E-state index >= 15 is 0 Å². The van der Waals surface area contributed by atoms with Gasteiger partial charge in [0.15, 0.2) is 5.01 Å². The average molecular weight is 493 g/mol. The van der Waals surface area contributed by atoms with Crippen LogP contribution in [0.15, 0.2) is 47.4 Å². The fourth-order valence-electron chi connectivity index (χ4n) is 3.54. The first kappa shape index (κ1) is 22.7. The molecular formula is C21H21ClN4O4S2. The minimum Gasteiger partial charge on any atom is -0.495 e. The lowest BCUT2D eigenvalue weighted by Crippen LogP contribution is -2.33. The van der Waals surface area contributed by atoms with Crippen LogP contribution in [0.2, 0.25) is 5.02 Å². The Labute approximate surface area is 195 Å². The molecule has 4 rings (SSSR count). The van der Waals surface area contributed by atoms with Crippen LogP contribution >= 0.6 is 22.9 Å². The number of aromatic nitrogens is 2. The Morgan fingerprint density at radius 2 is 1.91 bits per heavy atom. The predicted octanol–water partition coefficient (Wildman–Crippen LogP) is 4.34. The van der Waals surface area contributed by atoms with Crippen LogP contribution in [0.25, 0.3) is 10.6 Å². The zero-order chi connectivity index (χ0) is 22.7. The van der Waals surface area contributed by atoms with E-state index in [4.69, 9.17) is 16.3 Å². The average Bonchev–Trinajstić information content (AvgIpc) is 3.45. The van der Waals surface area contributed by atoms with E-state index in [1.165, 1.54) is 36.6 Å². The number of benzene rings is 2. The van der Waals surface area contributed by atoms with Crippen molar-refractivity contribution >= 4 is 44.0 Å². The standard InChI is InChI=1S/C21H21ClN4O4S2/c1-30-17-11-10-13(12-18(17)32(28,29)26-14-6-2-3-7-14)19(27)23-21-25-24-20(31-21)15-8-4-5-9-16(15)22/h4-5,8-12,14,26H,2-3,6-7H2,1H3,(H,23,25,27). The van der Waals surface area contributed by atoms with Gasteiger partial charge >= 0.3 is 0 Å². The minimum atomic E-state index is -3.85. The van der Waals surface area contributed by atoms with E-state index in [1.54, 1.807) is 6.07 Å². The third-order valence-corrected chi connectivity index (χ3v) is 7.89. The highest BCUT2D eigenvalue weighted by Crippen LogP contribution is 2.32. The summed E-state index contributed by atoms with van der Waals surface area (Å²) in [5, 5.41) is 12.1. The third-order valence-electron chi connectivity index (χ3n) is 5.14. The monoisotopic (exact) mass is 492 g/mol. The van der Waals surface area contributed by atoms with Gasteiger partial charge in [-0.3, -0.25) is 10.1 Å². The molecular weight excluding hydrogens is 472 g/mol. The maximum Gasteiger partial charge on any atom is 0.257 e. The van der Waals surface area contributed by atoms with Gasteiger partial charge in [0.25, 0.3) is 5.91 Å². The second kappa shape index (κ2) is 9.53. The van der Waals surface area contributed by atoms with Crippen LogP contribution < -0.4 is 14.8 Å². The van der Waals surface area contributed by atoms with Gasteiger partial charge in [0, 0.05) is 17.2 Å². The summed E-state index contributed by atoms with van der Waals surface area (Å²) in [7, 11) is -2.46. The van der Waals surface area contributed by atoms with Crippen LogP contribution in [0.5, 0.6) is 5.75 Å². The van der Waals surface area contributed by atoms with Gasteiger partial charge in [-0.05, 0) is 37.1 Å². The highest BCUT2D eigenvalue weighted by Gasteiger charge is 2.27. The van der Waals surface area contributed by atoms with Gasteiger partial charge in [0.1, 0.15) is 10.6 Å². The van der Waals surface area contributed by atoms with Gasteiger partial charge in [-0.15, -0.1) is 10.2 Å². The largest absolute Gasteiger partial charge is 0.495 e. The molecule has 1 saturated carbocycles. The van der Waals surface area contributed by atoms with Crippen LogP contribution in [0, 0.1) is 0 Å². The lowest BCUT2D eigenvalue weighted by Gasteiger charge is -2.15. The van der Waals surface area contributed by atoms with Gasteiger partial charge in [-0.25, -0.2) is 13.1 Å². The Hall–Kier alpha value is -2.53. The zero-order valence-corrected chi connectivity index (χ0v) is 19.6. The molecule has 0 saturated heterocycles. The molecule has 2 N–H and O–H groups in total. The lowest BCUT2D eigenvalue weighted by molar-refractivity contribution is 0.102. The van der Waals surface area contributed by atoms with Crippen LogP contribution in [-0.4, -0.2) is 37.7 Å². The normalized spacial score (nSPS) is 14.4. The Morgan fingerprint density at radius 3 is 2.62 bits per heavy atom. The molecule has 1 aromatic heterocycles. The topological polar surface area (TPSA) is 110 Å². The second-order valence-electron chi connectivity index (χ2n) is 7.31. The maximum absolute atomic E-state index is 12.9. The van der Waals surface area contributed by atoms with E-state index in [0.29, 0.717) is 15.6 Å². The fourth-order valence-corrected chi connectivity index (χ4v) is 6.10. The van der Waals surface area contributed by atoms with Gasteiger partial charge in [-0.1, -0.05) is 54.0 Å². The molecule has 1 amide bonds. The first-order chi connectivity index (χ1) is 15.4. The lowest BCUT2D eigenvalue weighted by atomic mass is 10.2. The number of hydrogen-bond acceptors (Lipinski definition) is 7. The number of sulfonamides is 1. The van der Waals surface area contributed by atoms with E-state index in [1.807, 2.05) is 18.2 Å². The van der Waals surface area contributed by atoms with Crippen LogP contribution in [0.1, 0.15) is 36.0 Å². The highest BCUT2D eigenvalue weighted by molar-refractivity contribution is 7.89. The van der Waals surface area contributed by atoms with Crippen molar-refractivity contribution in [2.24, 2.45) is 0 Å². The summed E-state index contributed by atoms with van der Waals surface area (Å²) in [6, 6.07) is 11.4. The number of carbonyl (C=O) groups excluding carboxylic acids is 1. The highest BCUT2D eigenvalue weighted by atomic mass is 35.5. The number of methoxy groups -OCH3 is 1. The summed E-state index contributed by atoms with van der Waals surface area (Å²) in [6.07, 6.45) is 3.58. The maximum atomic E-state index is 12.9. The second-order valence-corrected chi connectivity index (χ2v) is 10.4. The molecule has 1 aliphatic carbocycles. The number of carbonyl (C=O) groups is 1. The summed E-state index contributed by atoms with van der Waals surface area (Å²) in [5.74, 6) is -0.337. The number of rotatable bonds is 7. The van der Waals surface area contributed by atoms with Gasteiger partial charge in [0.2, 0.25) is 15.2 Å². The molecule has 2 aromatic carbocycles. The molecule has 3 aromatic rings. The number of anilines is 1. The van der Waals surface area contributed by atoms with Gasteiger partial charge in [0.05, 0.1) is 12.1 Å². The molecule has 0 atom stereocenters. The number of halogens is 1. The van der Waals surface area contributed by atoms with Crippen molar-refractivity contribution in [3.05, 3.63) is 53.1 Å².